The topological polar surface area (TPSA) is 66.8 Å². The fourth-order valence-electron chi connectivity index (χ4n) is 1.34. The zero-order valence-corrected chi connectivity index (χ0v) is 12.5. The number of aliphatic carboxylic acids is 1. The van der Waals surface area contributed by atoms with Crippen molar-refractivity contribution in [1.82, 2.24) is 4.90 Å². The SMILES string of the molecule is CCN(CC)CCCCOC(=O)CC(=O)O.Cl.Cl. The van der Waals surface area contributed by atoms with Gasteiger partial charge in [0.05, 0.1) is 6.61 Å². The van der Waals surface area contributed by atoms with Gasteiger partial charge in [-0.3, -0.25) is 9.59 Å². The van der Waals surface area contributed by atoms with E-state index in [-0.39, 0.29) is 24.8 Å². The standard InChI is InChI=1S/C11H21NO4.2ClH/c1-3-12(4-2)7-5-6-8-16-11(15)9-10(13)14;;/h3-9H2,1-2H3,(H,13,14);2*1H. The molecule has 0 aromatic heterocycles. The molecule has 0 aliphatic heterocycles. The lowest BCUT2D eigenvalue weighted by molar-refractivity contribution is -0.151. The van der Waals surface area contributed by atoms with Crippen molar-refractivity contribution in [2.45, 2.75) is 33.1 Å². The van der Waals surface area contributed by atoms with Gasteiger partial charge in [-0.05, 0) is 32.5 Å². The van der Waals surface area contributed by atoms with E-state index in [2.05, 4.69) is 18.7 Å². The molecule has 0 saturated heterocycles. The van der Waals surface area contributed by atoms with E-state index in [1.54, 1.807) is 0 Å². The Morgan fingerprint density at radius 3 is 2.11 bits per heavy atom. The van der Waals surface area contributed by atoms with Crippen LogP contribution in [0.25, 0.3) is 0 Å². The van der Waals surface area contributed by atoms with Crippen LogP contribution in [0.4, 0.5) is 0 Å². The van der Waals surface area contributed by atoms with Gasteiger partial charge in [0.1, 0.15) is 6.42 Å². The zero-order chi connectivity index (χ0) is 12.4. The Kier molecular flexibility index (Phi) is 18.3. The molecule has 0 spiro atoms. The molecular formula is C11H23Cl2NO4. The molecule has 0 saturated carbocycles. The average molecular weight is 304 g/mol. The molecule has 0 radical (unpaired) electrons. The van der Waals surface area contributed by atoms with Gasteiger partial charge < -0.3 is 14.7 Å². The highest BCUT2D eigenvalue weighted by atomic mass is 35.5. The number of carbonyl (C=O) groups excluding carboxylic acids is 1. The van der Waals surface area contributed by atoms with E-state index in [1.165, 1.54) is 0 Å². The lowest BCUT2D eigenvalue weighted by Crippen LogP contribution is -2.24. The first-order valence-electron chi connectivity index (χ1n) is 5.69. The molecule has 110 valence electrons. The van der Waals surface area contributed by atoms with Crippen LogP contribution in [0.15, 0.2) is 0 Å². The summed E-state index contributed by atoms with van der Waals surface area (Å²) >= 11 is 0. The first kappa shape index (κ1) is 22.6. The Labute approximate surface area is 121 Å². The summed E-state index contributed by atoms with van der Waals surface area (Å²) in [4.78, 5) is 23.3. The molecule has 0 aromatic carbocycles. The van der Waals surface area contributed by atoms with Gasteiger partial charge in [-0.15, -0.1) is 24.8 Å². The molecule has 0 atom stereocenters. The van der Waals surface area contributed by atoms with Crippen molar-refractivity contribution >= 4 is 36.8 Å². The smallest absolute Gasteiger partial charge is 0.317 e. The van der Waals surface area contributed by atoms with Crippen LogP contribution in [-0.2, 0) is 14.3 Å². The largest absolute Gasteiger partial charge is 0.481 e. The number of hydrogen-bond donors (Lipinski definition) is 1. The monoisotopic (exact) mass is 303 g/mol. The number of carboxylic acid groups (broad SMARTS) is 1. The zero-order valence-electron chi connectivity index (χ0n) is 10.9. The van der Waals surface area contributed by atoms with Crippen molar-refractivity contribution < 1.29 is 19.4 Å². The normalized spacial score (nSPS) is 9.28. The van der Waals surface area contributed by atoms with Crippen molar-refractivity contribution in [1.29, 1.82) is 0 Å². The Hall–Kier alpha value is -0.520. The Balaban J connectivity index is -0.00000112. The number of hydrogen-bond acceptors (Lipinski definition) is 4. The molecule has 0 aromatic rings. The highest BCUT2D eigenvalue weighted by Gasteiger charge is 2.08. The number of nitrogens with zero attached hydrogens (tertiary/aromatic N) is 1. The van der Waals surface area contributed by atoms with Crippen LogP contribution in [0.3, 0.4) is 0 Å². The minimum Gasteiger partial charge on any atom is -0.481 e. The summed E-state index contributed by atoms with van der Waals surface area (Å²) in [5.41, 5.74) is 0. The van der Waals surface area contributed by atoms with E-state index < -0.39 is 18.4 Å². The summed E-state index contributed by atoms with van der Waals surface area (Å²) in [7, 11) is 0. The molecule has 0 heterocycles. The maximum atomic E-state index is 10.8. The number of halogens is 2. The second-order valence-electron chi connectivity index (χ2n) is 3.52. The van der Waals surface area contributed by atoms with Gasteiger partial charge in [-0.25, -0.2) is 0 Å². The first-order chi connectivity index (χ1) is 7.60. The van der Waals surface area contributed by atoms with Gasteiger partial charge in [0, 0.05) is 0 Å². The summed E-state index contributed by atoms with van der Waals surface area (Å²) in [6, 6.07) is 0. The van der Waals surface area contributed by atoms with Gasteiger partial charge in [-0.2, -0.15) is 0 Å². The van der Waals surface area contributed by atoms with Gasteiger partial charge in [0.15, 0.2) is 0 Å². The number of esters is 1. The minimum atomic E-state index is -1.15. The average Bonchev–Trinajstić information content (AvgIpc) is 2.22. The summed E-state index contributed by atoms with van der Waals surface area (Å²) in [6.45, 7) is 7.56. The van der Waals surface area contributed by atoms with Gasteiger partial charge in [0.2, 0.25) is 0 Å². The summed E-state index contributed by atoms with van der Waals surface area (Å²) in [5.74, 6) is -1.80. The number of carboxylic acids is 1. The predicted octanol–water partition coefficient (Wildman–Crippen LogP) is 1.97. The minimum absolute atomic E-state index is 0. The second-order valence-corrected chi connectivity index (χ2v) is 3.52. The third-order valence-electron chi connectivity index (χ3n) is 2.32. The van der Waals surface area contributed by atoms with E-state index in [9.17, 15) is 9.59 Å². The number of rotatable bonds is 9. The molecule has 1 N–H and O–H groups in total. The van der Waals surface area contributed by atoms with E-state index >= 15 is 0 Å². The van der Waals surface area contributed by atoms with E-state index in [4.69, 9.17) is 9.84 Å². The summed E-state index contributed by atoms with van der Waals surface area (Å²) in [5, 5.41) is 8.32. The van der Waals surface area contributed by atoms with Crippen LogP contribution in [0.5, 0.6) is 0 Å². The lowest BCUT2D eigenvalue weighted by atomic mass is 10.3. The van der Waals surface area contributed by atoms with Crippen molar-refractivity contribution in [3.8, 4) is 0 Å². The van der Waals surface area contributed by atoms with Crippen molar-refractivity contribution in [2.24, 2.45) is 0 Å². The molecule has 0 bridgehead atoms. The molecule has 18 heavy (non-hydrogen) atoms. The third kappa shape index (κ3) is 13.5. The maximum absolute atomic E-state index is 10.8. The summed E-state index contributed by atoms with van der Waals surface area (Å²) in [6.07, 6.45) is 1.19. The van der Waals surface area contributed by atoms with Crippen LogP contribution in [-0.4, -0.2) is 48.2 Å². The van der Waals surface area contributed by atoms with E-state index in [0.717, 1.165) is 32.5 Å². The van der Waals surface area contributed by atoms with Crippen LogP contribution in [0.2, 0.25) is 0 Å². The van der Waals surface area contributed by atoms with Crippen LogP contribution >= 0.6 is 24.8 Å². The molecule has 7 heteroatoms. The number of carbonyl (C=O) groups is 2. The Bertz CT molecular complexity index is 223. The fraction of sp³-hybridized carbons (Fsp3) is 0.818. The van der Waals surface area contributed by atoms with Crippen molar-refractivity contribution in [3.63, 3.8) is 0 Å². The van der Waals surface area contributed by atoms with Crippen molar-refractivity contribution in [2.75, 3.05) is 26.2 Å². The number of unbranched alkanes of at least 4 members (excludes halogenated alkanes) is 1. The number of ether oxygens (including phenoxy) is 1. The van der Waals surface area contributed by atoms with Crippen LogP contribution in [0, 0.1) is 0 Å². The quantitative estimate of drug-likeness (QED) is 0.401. The van der Waals surface area contributed by atoms with E-state index in [1.807, 2.05) is 0 Å². The maximum Gasteiger partial charge on any atom is 0.317 e. The Morgan fingerprint density at radius 2 is 1.67 bits per heavy atom. The highest BCUT2D eigenvalue weighted by Crippen LogP contribution is 1.96. The molecule has 5 nitrogen and oxygen atoms in total. The second kappa shape index (κ2) is 14.5. The fourth-order valence-corrected chi connectivity index (χ4v) is 1.34. The van der Waals surface area contributed by atoms with Gasteiger partial charge >= 0.3 is 11.9 Å². The molecule has 0 unspecified atom stereocenters. The Morgan fingerprint density at radius 1 is 1.11 bits per heavy atom. The third-order valence-corrected chi connectivity index (χ3v) is 2.32. The van der Waals surface area contributed by atoms with Crippen molar-refractivity contribution in [3.05, 3.63) is 0 Å². The molecule has 0 aliphatic carbocycles. The molecule has 0 aliphatic rings. The molecular weight excluding hydrogens is 281 g/mol. The first-order valence-corrected chi connectivity index (χ1v) is 5.69. The van der Waals surface area contributed by atoms with Crippen LogP contribution < -0.4 is 0 Å². The van der Waals surface area contributed by atoms with Gasteiger partial charge in [-0.1, -0.05) is 13.8 Å². The molecule has 0 fully saturated rings. The van der Waals surface area contributed by atoms with Crippen LogP contribution in [0.1, 0.15) is 33.1 Å². The lowest BCUT2D eigenvalue weighted by Gasteiger charge is -2.17. The van der Waals surface area contributed by atoms with E-state index in [0.29, 0.717) is 6.61 Å². The summed E-state index contributed by atoms with van der Waals surface area (Å²) < 4.78 is 4.76. The highest BCUT2D eigenvalue weighted by molar-refractivity contribution is 5.90. The predicted molar refractivity (Wildman–Crippen MR) is 74.7 cm³/mol. The van der Waals surface area contributed by atoms with Gasteiger partial charge in [0.25, 0.3) is 0 Å². The molecule has 0 amide bonds. The molecule has 0 rings (SSSR count).